The molecule has 0 spiro atoms. The van der Waals surface area contributed by atoms with E-state index in [2.05, 4.69) is 0 Å². The quantitative estimate of drug-likeness (QED) is 0.341. The van der Waals surface area contributed by atoms with Crippen LogP contribution in [0, 0.1) is 6.92 Å². The fraction of sp³-hybridized carbons (Fsp3) is 0.174. The van der Waals surface area contributed by atoms with Crippen molar-refractivity contribution >= 4 is 45.4 Å². The van der Waals surface area contributed by atoms with E-state index in [1.54, 1.807) is 48.0 Å². The van der Waals surface area contributed by atoms with Gasteiger partial charge in [-0.15, -0.1) is 0 Å². The van der Waals surface area contributed by atoms with Gasteiger partial charge in [0.25, 0.3) is 0 Å². The Balaban J connectivity index is 1.58. The van der Waals surface area contributed by atoms with Crippen LogP contribution in [0.4, 0.5) is 0 Å². The Morgan fingerprint density at radius 2 is 1.90 bits per heavy atom. The number of aryl methyl sites for hydroxylation is 1. The molecule has 2 aromatic heterocycles. The second-order valence-corrected chi connectivity index (χ2v) is 7.44. The monoisotopic (exact) mass is 439 g/mol. The van der Waals surface area contributed by atoms with Crippen LogP contribution in [0.5, 0.6) is 0 Å². The van der Waals surface area contributed by atoms with Gasteiger partial charge in [-0.25, -0.2) is 9.59 Å². The number of carbonyl (C=O) groups excluding carboxylic acids is 2. The van der Waals surface area contributed by atoms with Gasteiger partial charge in [0.15, 0.2) is 0 Å². The Morgan fingerprint density at radius 3 is 2.68 bits per heavy atom. The lowest BCUT2D eigenvalue weighted by atomic mass is 10.1. The molecule has 8 heteroatoms. The summed E-state index contributed by atoms with van der Waals surface area (Å²) in [5.74, 6) is -1.02. The van der Waals surface area contributed by atoms with E-state index >= 15 is 0 Å². The number of rotatable bonds is 5. The number of esters is 2. The van der Waals surface area contributed by atoms with Crippen molar-refractivity contribution in [3.63, 3.8) is 0 Å². The molecule has 0 saturated heterocycles. The summed E-state index contributed by atoms with van der Waals surface area (Å²) in [5.41, 5.74) is 2.16. The largest absolute Gasteiger partial charge is 0.465 e. The summed E-state index contributed by atoms with van der Waals surface area (Å²) >= 11 is 6.20. The van der Waals surface area contributed by atoms with Gasteiger partial charge in [0.1, 0.15) is 18.7 Å². The van der Waals surface area contributed by atoms with Crippen LogP contribution in [0.1, 0.15) is 21.5 Å². The Morgan fingerprint density at radius 1 is 1.13 bits per heavy atom. The second-order valence-electron chi connectivity index (χ2n) is 7.03. The minimum absolute atomic E-state index is 0.114. The first-order chi connectivity index (χ1) is 14.9. The van der Waals surface area contributed by atoms with Crippen LogP contribution >= 0.6 is 11.6 Å². The van der Waals surface area contributed by atoms with E-state index in [0.717, 1.165) is 5.56 Å². The van der Waals surface area contributed by atoms with E-state index in [0.29, 0.717) is 38.0 Å². The molecule has 4 rings (SSSR count). The Bertz CT molecular complexity index is 1380. The summed E-state index contributed by atoms with van der Waals surface area (Å²) in [6.45, 7) is 1.57. The van der Waals surface area contributed by atoms with Crippen LogP contribution in [0.2, 0.25) is 5.02 Å². The fourth-order valence-corrected chi connectivity index (χ4v) is 3.62. The third-order valence-electron chi connectivity index (χ3n) is 4.99. The smallest absolute Gasteiger partial charge is 0.340 e. The summed E-state index contributed by atoms with van der Waals surface area (Å²) in [5, 5.41) is 1.80. The summed E-state index contributed by atoms with van der Waals surface area (Å²) in [7, 11) is 1.30. The van der Waals surface area contributed by atoms with E-state index in [1.165, 1.54) is 13.2 Å². The third kappa shape index (κ3) is 4.04. The van der Waals surface area contributed by atoms with Crippen LogP contribution in [-0.2, 0) is 27.4 Å². The molecule has 0 fully saturated rings. The van der Waals surface area contributed by atoms with Gasteiger partial charge in [-0.3, -0.25) is 4.79 Å². The predicted octanol–water partition coefficient (Wildman–Crippen LogP) is 4.24. The summed E-state index contributed by atoms with van der Waals surface area (Å²) in [6, 6.07) is 11.8. The van der Waals surface area contributed by atoms with Gasteiger partial charge in [-0.2, -0.15) is 0 Å². The first kappa shape index (κ1) is 20.7. The number of aromatic nitrogens is 1. The van der Waals surface area contributed by atoms with Crippen molar-refractivity contribution in [3.8, 4) is 0 Å². The molecule has 2 aromatic carbocycles. The van der Waals surface area contributed by atoms with Gasteiger partial charge in [0.2, 0.25) is 0 Å². The summed E-state index contributed by atoms with van der Waals surface area (Å²) in [4.78, 5) is 36.5. The number of carbonyl (C=O) groups is 2. The van der Waals surface area contributed by atoms with Crippen molar-refractivity contribution in [1.82, 2.24) is 4.57 Å². The van der Waals surface area contributed by atoms with E-state index in [1.807, 2.05) is 6.07 Å². The van der Waals surface area contributed by atoms with E-state index in [4.69, 9.17) is 25.5 Å². The lowest BCUT2D eigenvalue weighted by Gasteiger charge is -2.09. The third-order valence-corrected chi connectivity index (χ3v) is 5.40. The molecule has 31 heavy (non-hydrogen) atoms. The molecule has 158 valence electrons. The molecule has 0 N–H and O–H groups in total. The highest BCUT2D eigenvalue weighted by molar-refractivity contribution is 6.32. The zero-order chi connectivity index (χ0) is 22.1. The zero-order valence-corrected chi connectivity index (χ0v) is 17.6. The summed E-state index contributed by atoms with van der Waals surface area (Å²) in [6.07, 6.45) is 1.56. The molecule has 0 amide bonds. The average molecular weight is 440 g/mol. The summed E-state index contributed by atoms with van der Waals surface area (Å²) < 4.78 is 17.1. The topological polar surface area (TPSA) is 87.7 Å². The number of fused-ring (bicyclic) bond motifs is 2. The van der Waals surface area contributed by atoms with Crippen molar-refractivity contribution in [3.05, 3.63) is 80.8 Å². The van der Waals surface area contributed by atoms with Crippen LogP contribution in [0.25, 0.3) is 21.9 Å². The molecule has 0 saturated carbocycles. The van der Waals surface area contributed by atoms with Crippen LogP contribution in [0.15, 0.2) is 57.9 Å². The number of hydrogen-bond donors (Lipinski definition) is 0. The van der Waals surface area contributed by atoms with Gasteiger partial charge in [0.05, 0.1) is 12.7 Å². The van der Waals surface area contributed by atoms with Crippen LogP contribution in [-0.4, -0.2) is 23.6 Å². The first-order valence-corrected chi connectivity index (χ1v) is 9.80. The molecule has 2 heterocycles. The zero-order valence-electron chi connectivity index (χ0n) is 16.8. The number of para-hydroxylation sites is 1. The lowest BCUT2D eigenvalue weighted by Crippen LogP contribution is -2.14. The minimum atomic E-state index is -0.542. The maximum atomic E-state index is 12.5. The van der Waals surface area contributed by atoms with Crippen molar-refractivity contribution in [2.45, 2.75) is 20.1 Å². The standard InChI is InChI=1S/C23H18ClNO6/c1-13-7-20-16(9-18(13)24)14(8-21(26)31-20)12-30-22(27)11-25-10-17(23(28)29-2)15-5-3-4-6-19(15)25/h3-10H,11-12H2,1-2H3. The Labute approximate surface area is 181 Å². The number of benzene rings is 2. The van der Waals surface area contributed by atoms with Crippen LogP contribution in [0.3, 0.4) is 0 Å². The highest BCUT2D eigenvalue weighted by Gasteiger charge is 2.17. The van der Waals surface area contributed by atoms with Crippen molar-refractivity contribution in [2.75, 3.05) is 7.11 Å². The molecule has 0 aliphatic rings. The molecular formula is C23H18ClNO6. The SMILES string of the molecule is COC(=O)c1cn(CC(=O)OCc2cc(=O)oc3cc(C)c(Cl)cc23)c2ccccc12. The number of methoxy groups -OCH3 is 1. The van der Waals surface area contributed by atoms with Crippen molar-refractivity contribution < 1.29 is 23.5 Å². The minimum Gasteiger partial charge on any atom is -0.465 e. The molecule has 7 nitrogen and oxygen atoms in total. The van der Waals surface area contributed by atoms with Gasteiger partial charge < -0.3 is 18.5 Å². The van der Waals surface area contributed by atoms with Gasteiger partial charge >= 0.3 is 17.6 Å². The molecule has 0 bridgehead atoms. The predicted molar refractivity (Wildman–Crippen MR) is 115 cm³/mol. The van der Waals surface area contributed by atoms with Gasteiger partial charge in [0, 0.05) is 39.1 Å². The number of ether oxygens (including phenoxy) is 2. The highest BCUT2D eigenvalue weighted by atomic mass is 35.5. The molecule has 0 unspecified atom stereocenters. The first-order valence-electron chi connectivity index (χ1n) is 9.42. The number of hydrogen-bond acceptors (Lipinski definition) is 6. The Hall–Kier alpha value is -3.58. The molecule has 0 aliphatic heterocycles. The molecule has 0 aliphatic carbocycles. The molecule has 4 aromatic rings. The second kappa shape index (κ2) is 8.28. The molecule has 0 radical (unpaired) electrons. The lowest BCUT2D eigenvalue weighted by molar-refractivity contribution is -0.145. The maximum Gasteiger partial charge on any atom is 0.340 e. The molecular weight excluding hydrogens is 422 g/mol. The number of nitrogens with zero attached hydrogens (tertiary/aromatic N) is 1. The van der Waals surface area contributed by atoms with Crippen molar-refractivity contribution in [2.24, 2.45) is 0 Å². The Kier molecular flexibility index (Phi) is 5.52. The normalized spacial score (nSPS) is 11.1. The number of halogens is 1. The van der Waals surface area contributed by atoms with E-state index in [-0.39, 0.29) is 13.2 Å². The molecule has 0 atom stereocenters. The highest BCUT2D eigenvalue weighted by Crippen LogP contribution is 2.26. The van der Waals surface area contributed by atoms with Crippen LogP contribution < -0.4 is 5.63 Å². The average Bonchev–Trinajstić information content (AvgIpc) is 3.11. The van der Waals surface area contributed by atoms with Gasteiger partial charge in [-0.05, 0) is 30.7 Å². The maximum absolute atomic E-state index is 12.5. The van der Waals surface area contributed by atoms with E-state index in [9.17, 15) is 14.4 Å². The fourth-order valence-electron chi connectivity index (χ4n) is 3.46. The van der Waals surface area contributed by atoms with E-state index < -0.39 is 17.6 Å². The van der Waals surface area contributed by atoms with Gasteiger partial charge in [-0.1, -0.05) is 29.8 Å². The van der Waals surface area contributed by atoms with Crippen molar-refractivity contribution in [1.29, 1.82) is 0 Å².